The molecule has 0 aromatic heterocycles. The van der Waals surface area contributed by atoms with E-state index < -0.39 is 0 Å². The third kappa shape index (κ3) is 7.62. The van der Waals surface area contributed by atoms with Crippen molar-refractivity contribution in [3.8, 4) is 0 Å². The number of carbonyl (C=O) groups is 1. The molecule has 0 aliphatic heterocycles. The maximum atomic E-state index is 11.4. The Labute approximate surface area is 119 Å². The first-order valence-corrected chi connectivity index (χ1v) is 7.09. The molecule has 0 saturated heterocycles. The smallest absolute Gasteiger partial charge is 0.318 e. The number of rotatable bonds is 8. The highest BCUT2D eigenvalue weighted by molar-refractivity contribution is 6.30. The largest absolute Gasteiger partial charge is 0.335 e. The molecule has 19 heavy (non-hydrogen) atoms. The van der Waals surface area contributed by atoms with Gasteiger partial charge in [0.2, 0.25) is 0 Å². The van der Waals surface area contributed by atoms with Crippen LogP contribution in [0, 0.1) is 0 Å². The summed E-state index contributed by atoms with van der Waals surface area (Å²) in [6.07, 6.45) is 7.49. The van der Waals surface area contributed by atoms with Gasteiger partial charge in [0, 0.05) is 11.4 Å². The van der Waals surface area contributed by atoms with E-state index in [-0.39, 0.29) is 5.97 Å². The maximum Gasteiger partial charge on any atom is 0.335 e. The summed E-state index contributed by atoms with van der Waals surface area (Å²) in [6.45, 7) is 2.17. The van der Waals surface area contributed by atoms with E-state index in [1.54, 1.807) is 12.1 Å². The Kier molecular flexibility index (Phi) is 7.91. The lowest BCUT2D eigenvalue weighted by molar-refractivity contribution is -0.143. The van der Waals surface area contributed by atoms with Crippen molar-refractivity contribution in [3.63, 3.8) is 0 Å². The molecule has 0 unspecified atom stereocenters. The van der Waals surface area contributed by atoms with Gasteiger partial charge in [-0.25, -0.2) is 4.79 Å². The Bertz CT molecular complexity index is 401. The molecule has 1 aromatic carbocycles. The zero-order valence-electron chi connectivity index (χ0n) is 11.3. The van der Waals surface area contributed by atoms with Crippen LogP contribution in [0.2, 0.25) is 5.02 Å². The van der Waals surface area contributed by atoms with Crippen molar-refractivity contribution in [3.05, 3.63) is 34.9 Å². The molecule has 3 nitrogen and oxygen atoms in total. The van der Waals surface area contributed by atoms with Crippen LogP contribution in [0.1, 0.15) is 51.0 Å². The summed E-state index contributed by atoms with van der Waals surface area (Å²) in [5.41, 5.74) is 0.847. The summed E-state index contributed by atoms with van der Waals surface area (Å²) in [4.78, 5) is 16.1. The quantitative estimate of drug-likeness (QED) is 0.303. The lowest BCUT2D eigenvalue weighted by Crippen LogP contribution is -1.99. The molecule has 0 aliphatic carbocycles. The van der Waals surface area contributed by atoms with Crippen molar-refractivity contribution in [1.82, 2.24) is 0 Å². The number of oxime groups is 1. The van der Waals surface area contributed by atoms with Crippen LogP contribution in [-0.4, -0.2) is 12.2 Å². The minimum atomic E-state index is -0.276. The van der Waals surface area contributed by atoms with E-state index >= 15 is 0 Å². The fourth-order valence-corrected chi connectivity index (χ4v) is 1.74. The predicted octanol–water partition coefficient (Wildman–Crippen LogP) is 4.58. The second kappa shape index (κ2) is 9.56. The third-order valence-corrected chi connectivity index (χ3v) is 2.96. The van der Waals surface area contributed by atoms with Gasteiger partial charge in [-0.05, 0) is 24.1 Å². The molecular weight excluding hydrogens is 262 g/mol. The van der Waals surface area contributed by atoms with Crippen molar-refractivity contribution in [2.45, 2.75) is 45.4 Å². The minimum absolute atomic E-state index is 0.276. The highest BCUT2D eigenvalue weighted by Gasteiger charge is 2.01. The summed E-state index contributed by atoms with van der Waals surface area (Å²) >= 11 is 5.76. The van der Waals surface area contributed by atoms with Crippen molar-refractivity contribution in [2.75, 3.05) is 0 Å². The first-order valence-electron chi connectivity index (χ1n) is 6.71. The molecular formula is C15H20ClNO2. The minimum Gasteiger partial charge on any atom is -0.318 e. The molecule has 104 valence electrons. The zero-order chi connectivity index (χ0) is 13.9. The molecule has 0 saturated carbocycles. The van der Waals surface area contributed by atoms with E-state index in [1.165, 1.54) is 25.5 Å². The molecule has 1 aromatic rings. The number of halogens is 1. The van der Waals surface area contributed by atoms with E-state index in [4.69, 9.17) is 16.4 Å². The number of nitrogens with zero attached hydrogens (tertiary/aromatic N) is 1. The predicted molar refractivity (Wildman–Crippen MR) is 78.5 cm³/mol. The standard InChI is InChI=1S/C15H20ClNO2/c1-2-3-4-5-6-7-15(18)19-17-12-13-8-10-14(16)11-9-13/h8-12H,2-7H2,1H3. The molecule has 0 N–H and O–H groups in total. The molecule has 0 atom stereocenters. The molecule has 4 heteroatoms. The molecule has 0 fully saturated rings. The van der Waals surface area contributed by atoms with Crippen LogP contribution >= 0.6 is 11.6 Å². The van der Waals surface area contributed by atoms with Crippen LogP contribution in [0.25, 0.3) is 0 Å². The summed E-state index contributed by atoms with van der Waals surface area (Å²) in [5.74, 6) is -0.276. The second-order valence-electron chi connectivity index (χ2n) is 4.41. The van der Waals surface area contributed by atoms with Gasteiger partial charge in [-0.2, -0.15) is 0 Å². The topological polar surface area (TPSA) is 38.7 Å². The monoisotopic (exact) mass is 281 g/mol. The number of hydrogen-bond donors (Lipinski definition) is 0. The zero-order valence-corrected chi connectivity index (χ0v) is 12.0. The first kappa shape index (κ1) is 15.7. The molecule has 0 spiro atoms. The van der Waals surface area contributed by atoms with Crippen molar-refractivity contribution < 1.29 is 9.63 Å². The second-order valence-corrected chi connectivity index (χ2v) is 4.85. The van der Waals surface area contributed by atoms with E-state index in [0.29, 0.717) is 11.4 Å². The van der Waals surface area contributed by atoms with Crippen LogP contribution in [-0.2, 0) is 9.63 Å². The van der Waals surface area contributed by atoms with Gasteiger partial charge < -0.3 is 4.84 Å². The van der Waals surface area contributed by atoms with Gasteiger partial charge in [0.25, 0.3) is 0 Å². The highest BCUT2D eigenvalue weighted by Crippen LogP contribution is 2.08. The average molecular weight is 282 g/mol. The lowest BCUT2D eigenvalue weighted by atomic mass is 10.1. The van der Waals surface area contributed by atoms with Crippen molar-refractivity contribution in [1.29, 1.82) is 0 Å². The van der Waals surface area contributed by atoms with Gasteiger partial charge in [0.15, 0.2) is 0 Å². The summed E-state index contributed by atoms with van der Waals surface area (Å²) in [7, 11) is 0. The van der Waals surface area contributed by atoms with Crippen LogP contribution < -0.4 is 0 Å². The number of hydrogen-bond acceptors (Lipinski definition) is 3. The fourth-order valence-electron chi connectivity index (χ4n) is 1.61. The third-order valence-electron chi connectivity index (χ3n) is 2.71. The Balaban J connectivity index is 2.17. The molecule has 0 heterocycles. The molecule has 0 radical (unpaired) electrons. The molecule has 1 rings (SSSR count). The normalized spacial score (nSPS) is 10.8. The first-order chi connectivity index (χ1) is 9.22. The van der Waals surface area contributed by atoms with Crippen molar-refractivity contribution in [2.24, 2.45) is 5.16 Å². The van der Waals surface area contributed by atoms with Crippen LogP contribution in [0.5, 0.6) is 0 Å². The summed E-state index contributed by atoms with van der Waals surface area (Å²) in [6, 6.07) is 7.14. The SMILES string of the molecule is CCCCCCCC(=O)ON=Cc1ccc(Cl)cc1. The van der Waals surface area contributed by atoms with Gasteiger partial charge in [0.05, 0.1) is 6.21 Å². The summed E-state index contributed by atoms with van der Waals surface area (Å²) in [5, 5.41) is 4.34. The van der Waals surface area contributed by atoms with Crippen LogP contribution in [0.15, 0.2) is 29.4 Å². The van der Waals surface area contributed by atoms with Gasteiger partial charge >= 0.3 is 5.97 Å². The number of carbonyl (C=O) groups excluding carboxylic acids is 1. The lowest BCUT2D eigenvalue weighted by Gasteiger charge is -1.98. The Hall–Kier alpha value is -1.35. The number of benzene rings is 1. The van der Waals surface area contributed by atoms with E-state index in [9.17, 15) is 4.79 Å². The van der Waals surface area contributed by atoms with Gasteiger partial charge in [0.1, 0.15) is 0 Å². The van der Waals surface area contributed by atoms with Crippen LogP contribution in [0.4, 0.5) is 0 Å². The highest BCUT2D eigenvalue weighted by atomic mass is 35.5. The van der Waals surface area contributed by atoms with E-state index in [1.807, 2.05) is 12.1 Å². The van der Waals surface area contributed by atoms with Crippen molar-refractivity contribution >= 4 is 23.8 Å². The average Bonchev–Trinajstić information content (AvgIpc) is 2.41. The molecule has 0 bridgehead atoms. The van der Waals surface area contributed by atoms with E-state index in [0.717, 1.165) is 18.4 Å². The Morgan fingerprint density at radius 1 is 1.21 bits per heavy atom. The number of unbranched alkanes of at least 4 members (excludes halogenated alkanes) is 4. The Morgan fingerprint density at radius 2 is 1.89 bits per heavy atom. The Morgan fingerprint density at radius 3 is 2.58 bits per heavy atom. The van der Waals surface area contributed by atoms with Gasteiger partial charge in [-0.15, -0.1) is 0 Å². The van der Waals surface area contributed by atoms with Gasteiger partial charge in [-0.3, -0.25) is 0 Å². The maximum absolute atomic E-state index is 11.4. The molecule has 0 aliphatic rings. The summed E-state index contributed by atoms with van der Waals surface area (Å²) < 4.78 is 0. The van der Waals surface area contributed by atoms with Crippen LogP contribution in [0.3, 0.4) is 0 Å². The van der Waals surface area contributed by atoms with E-state index in [2.05, 4.69) is 12.1 Å². The fraction of sp³-hybridized carbons (Fsp3) is 0.467. The van der Waals surface area contributed by atoms with Gasteiger partial charge in [-0.1, -0.05) is 61.5 Å². The molecule has 0 amide bonds.